The van der Waals surface area contributed by atoms with E-state index < -0.39 is 29.6 Å². The van der Waals surface area contributed by atoms with Crippen molar-refractivity contribution in [2.24, 2.45) is 5.92 Å². The van der Waals surface area contributed by atoms with Crippen molar-refractivity contribution in [3.63, 3.8) is 0 Å². The van der Waals surface area contributed by atoms with E-state index in [2.05, 4.69) is 5.32 Å². The van der Waals surface area contributed by atoms with Gasteiger partial charge in [-0.2, -0.15) is 0 Å². The molecule has 1 aliphatic rings. The summed E-state index contributed by atoms with van der Waals surface area (Å²) in [6.45, 7) is 0. The first-order valence-electron chi connectivity index (χ1n) is 4.25. The van der Waals surface area contributed by atoms with Crippen LogP contribution in [-0.4, -0.2) is 35.1 Å². The van der Waals surface area contributed by atoms with Gasteiger partial charge in [0.1, 0.15) is 12.2 Å². The van der Waals surface area contributed by atoms with Gasteiger partial charge in [0.05, 0.1) is 6.04 Å². The van der Waals surface area contributed by atoms with E-state index >= 15 is 0 Å². The highest BCUT2D eigenvalue weighted by atomic mass is 16.4. The number of rotatable bonds is 2. The quantitative estimate of drug-likeness (QED) is 0.446. The molecule has 1 amide bonds. The molecule has 1 aliphatic heterocycles. The monoisotopic (exact) mass is 211 g/mol. The predicted molar refractivity (Wildman–Crippen MR) is 47.9 cm³/mol. The summed E-state index contributed by atoms with van der Waals surface area (Å²) >= 11 is 0. The van der Waals surface area contributed by atoms with Gasteiger partial charge in [0, 0.05) is 6.08 Å². The molecule has 1 heterocycles. The first kappa shape index (κ1) is 11.1. The summed E-state index contributed by atoms with van der Waals surface area (Å²) in [4.78, 5) is 43.4. The molecule has 0 spiro atoms. The smallest absolute Gasteiger partial charge is 0.314 e. The molecule has 2 atom stereocenters. The molecular weight excluding hydrogens is 202 g/mol. The topological polar surface area (TPSA) is 101 Å². The van der Waals surface area contributed by atoms with Crippen molar-refractivity contribution in [1.29, 1.82) is 0 Å². The van der Waals surface area contributed by atoms with Crippen LogP contribution in [-0.2, 0) is 19.2 Å². The van der Waals surface area contributed by atoms with Crippen molar-refractivity contribution in [1.82, 2.24) is 5.32 Å². The Labute approximate surface area is 85.0 Å². The molecule has 0 saturated carbocycles. The number of nitrogens with one attached hydrogen (secondary N) is 1. The third-order valence-electron chi connectivity index (χ3n) is 2.02. The minimum Gasteiger partial charge on any atom is -0.481 e. The van der Waals surface area contributed by atoms with Crippen LogP contribution < -0.4 is 5.32 Å². The van der Waals surface area contributed by atoms with Gasteiger partial charge in [-0.25, -0.2) is 0 Å². The summed E-state index contributed by atoms with van der Waals surface area (Å²) in [5.41, 5.74) is 0. The highest BCUT2D eigenvalue weighted by molar-refractivity contribution is 6.08. The fourth-order valence-electron chi connectivity index (χ4n) is 1.25. The fraction of sp³-hybridized carbons (Fsp3) is 0.333. The average molecular weight is 211 g/mol. The van der Waals surface area contributed by atoms with Crippen LogP contribution in [0.5, 0.6) is 0 Å². The van der Waals surface area contributed by atoms with Crippen molar-refractivity contribution in [3.8, 4) is 0 Å². The molecule has 1 rings (SSSR count). The number of carbonyl (C=O) groups is 4. The Morgan fingerprint density at radius 2 is 2.13 bits per heavy atom. The molecule has 15 heavy (non-hydrogen) atoms. The number of hydrogen-bond donors (Lipinski definition) is 2. The van der Waals surface area contributed by atoms with Crippen LogP contribution in [0.2, 0.25) is 0 Å². The van der Waals surface area contributed by atoms with E-state index in [1.165, 1.54) is 0 Å². The van der Waals surface area contributed by atoms with Crippen molar-refractivity contribution < 1.29 is 24.3 Å². The maximum absolute atomic E-state index is 11.3. The van der Waals surface area contributed by atoms with Gasteiger partial charge in [-0.15, -0.1) is 0 Å². The van der Waals surface area contributed by atoms with E-state index in [-0.39, 0.29) is 6.42 Å². The molecule has 0 radical (unpaired) electrons. The van der Waals surface area contributed by atoms with Crippen LogP contribution in [0.15, 0.2) is 12.2 Å². The van der Waals surface area contributed by atoms with Gasteiger partial charge in [0.25, 0.3) is 0 Å². The first-order chi connectivity index (χ1) is 7.04. The second-order valence-electron chi connectivity index (χ2n) is 3.11. The summed E-state index contributed by atoms with van der Waals surface area (Å²) in [7, 11) is 0. The van der Waals surface area contributed by atoms with E-state index in [1.807, 2.05) is 0 Å². The third-order valence-corrected chi connectivity index (χ3v) is 2.02. The molecule has 6 nitrogen and oxygen atoms in total. The normalized spacial score (nSPS) is 26.4. The van der Waals surface area contributed by atoms with Crippen molar-refractivity contribution in [2.75, 3.05) is 0 Å². The van der Waals surface area contributed by atoms with Crippen molar-refractivity contribution in [3.05, 3.63) is 12.2 Å². The molecule has 0 saturated heterocycles. The van der Waals surface area contributed by atoms with Gasteiger partial charge >= 0.3 is 5.97 Å². The Kier molecular flexibility index (Phi) is 3.33. The number of hydrogen-bond acceptors (Lipinski definition) is 4. The molecule has 0 bridgehead atoms. The Balaban J connectivity index is 2.95. The Hall–Kier alpha value is -1.98. The number of aliphatic carboxylic acids is 1. The third kappa shape index (κ3) is 2.73. The molecule has 1 unspecified atom stereocenters. The largest absolute Gasteiger partial charge is 0.481 e. The molecular formula is C9H9NO5. The van der Waals surface area contributed by atoms with E-state index in [0.29, 0.717) is 6.29 Å². The van der Waals surface area contributed by atoms with Gasteiger partial charge in [0.2, 0.25) is 5.91 Å². The number of aldehydes is 1. The van der Waals surface area contributed by atoms with Crippen molar-refractivity contribution in [2.45, 2.75) is 12.5 Å². The number of allylic oxidation sites excluding steroid dienone is 1. The second-order valence-corrected chi connectivity index (χ2v) is 3.11. The van der Waals surface area contributed by atoms with E-state index in [1.54, 1.807) is 0 Å². The summed E-state index contributed by atoms with van der Waals surface area (Å²) < 4.78 is 0. The zero-order chi connectivity index (χ0) is 11.4. The number of carboxylic acids is 1. The lowest BCUT2D eigenvalue weighted by Crippen LogP contribution is -2.41. The van der Waals surface area contributed by atoms with Crippen molar-refractivity contribution >= 4 is 23.9 Å². The standard InChI is InChI=1S/C9H9NO5/c11-4-5-3-6(9(14)15)7(12)1-2-8(13)10-5/h1-2,4-6H,3H2,(H,10,13)(H,14,15)/t5-,6?/m0/s1. The van der Waals surface area contributed by atoms with Crippen LogP contribution in [0, 0.1) is 5.92 Å². The van der Waals surface area contributed by atoms with Crippen LogP contribution in [0.3, 0.4) is 0 Å². The zero-order valence-corrected chi connectivity index (χ0v) is 7.67. The molecule has 0 aliphatic carbocycles. The molecule has 2 N–H and O–H groups in total. The van der Waals surface area contributed by atoms with E-state index in [4.69, 9.17) is 5.11 Å². The molecule has 0 aromatic heterocycles. The molecule has 0 fully saturated rings. The summed E-state index contributed by atoms with van der Waals surface area (Å²) in [5, 5.41) is 11.0. The highest BCUT2D eigenvalue weighted by Gasteiger charge is 2.29. The predicted octanol–water partition coefficient (Wildman–Crippen LogP) is -1.10. The SMILES string of the molecule is O=C[C@@H]1CC(C(=O)O)C(=O)C=CC(=O)N1. The fourth-order valence-corrected chi connectivity index (χ4v) is 1.25. The average Bonchev–Trinajstić information content (AvgIpc) is 2.17. The van der Waals surface area contributed by atoms with E-state index in [9.17, 15) is 19.2 Å². The van der Waals surface area contributed by atoms with Gasteiger partial charge in [-0.1, -0.05) is 0 Å². The lowest BCUT2D eigenvalue weighted by atomic mass is 9.94. The minimum absolute atomic E-state index is 0.215. The molecule has 0 aromatic rings. The summed E-state index contributed by atoms with van der Waals surface area (Å²) in [6.07, 6.45) is 2.04. The Morgan fingerprint density at radius 1 is 1.47 bits per heavy atom. The number of amides is 1. The Morgan fingerprint density at radius 3 is 2.67 bits per heavy atom. The molecule has 6 heteroatoms. The number of carbonyl (C=O) groups excluding carboxylic acids is 3. The maximum atomic E-state index is 11.3. The summed E-state index contributed by atoms with van der Waals surface area (Å²) in [6, 6.07) is -0.938. The second kappa shape index (κ2) is 4.50. The summed E-state index contributed by atoms with van der Waals surface area (Å²) in [5.74, 6) is -3.84. The van der Waals surface area contributed by atoms with Crippen LogP contribution >= 0.6 is 0 Å². The lowest BCUT2D eigenvalue weighted by Gasteiger charge is -2.17. The lowest BCUT2D eigenvalue weighted by molar-refractivity contribution is -0.146. The number of ketones is 1. The number of carboxylic acid groups (broad SMARTS) is 1. The zero-order valence-electron chi connectivity index (χ0n) is 7.67. The van der Waals surface area contributed by atoms with Crippen LogP contribution in [0.25, 0.3) is 0 Å². The highest BCUT2D eigenvalue weighted by Crippen LogP contribution is 2.11. The van der Waals surface area contributed by atoms with Gasteiger partial charge in [-0.05, 0) is 12.5 Å². The van der Waals surface area contributed by atoms with Gasteiger partial charge in [-0.3, -0.25) is 14.4 Å². The van der Waals surface area contributed by atoms with E-state index in [0.717, 1.165) is 12.2 Å². The maximum Gasteiger partial charge on any atom is 0.314 e. The van der Waals surface area contributed by atoms with Gasteiger partial charge < -0.3 is 15.2 Å². The first-order valence-corrected chi connectivity index (χ1v) is 4.25. The Bertz CT molecular complexity index is 346. The minimum atomic E-state index is -1.30. The van der Waals surface area contributed by atoms with Crippen LogP contribution in [0.4, 0.5) is 0 Å². The van der Waals surface area contributed by atoms with Crippen LogP contribution in [0.1, 0.15) is 6.42 Å². The van der Waals surface area contributed by atoms with Gasteiger partial charge in [0.15, 0.2) is 5.78 Å². The molecule has 80 valence electrons. The molecule has 0 aromatic carbocycles.